The Bertz CT molecular complexity index is 1200. The molecule has 0 amide bonds. The van der Waals surface area contributed by atoms with Crippen LogP contribution in [-0.4, -0.2) is 32.6 Å². The normalized spacial score (nSPS) is 11.8. The molecule has 1 N–H and O–H groups in total. The molecule has 0 radical (unpaired) electrons. The first-order chi connectivity index (χ1) is 15.5. The van der Waals surface area contributed by atoms with Crippen molar-refractivity contribution < 1.29 is 14.3 Å². The number of aromatic amines is 1. The molecule has 4 rings (SSSR count). The number of aryl methyl sites for hydroxylation is 3. The summed E-state index contributed by atoms with van der Waals surface area (Å²) in [5, 5.41) is 0. The first kappa shape index (κ1) is 21.4. The molecule has 164 valence electrons. The standard InChI is InChI=1S/C25H26N4O3/c1-17-22(28-23(27-17)19-10-7-11-20(16-19)31-3)25(30)32-21(24-26-14-15-29(24)2)13-12-18-8-5-4-6-9-18/h4-11,14-16,21H,12-13H2,1-3H3,(H,27,28)/t21-/m1/s1. The van der Waals surface area contributed by atoms with E-state index in [0.717, 1.165) is 17.7 Å². The Morgan fingerprint density at radius 1 is 1.16 bits per heavy atom. The Labute approximate surface area is 187 Å². The monoisotopic (exact) mass is 430 g/mol. The molecule has 0 aliphatic rings. The number of carbonyl (C=O) groups excluding carboxylic acids is 1. The minimum absolute atomic E-state index is 0.266. The van der Waals surface area contributed by atoms with Crippen LogP contribution in [0.3, 0.4) is 0 Å². The summed E-state index contributed by atoms with van der Waals surface area (Å²) in [5.41, 5.74) is 2.92. The minimum Gasteiger partial charge on any atom is -0.497 e. The molecule has 0 aliphatic carbocycles. The average molecular weight is 431 g/mol. The van der Waals surface area contributed by atoms with Crippen LogP contribution >= 0.6 is 0 Å². The lowest BCUT2D eigenvalue weighted by Crippen LogP contribution is -2.17. The van der Waals surface area contributed by atoms with Crippen LogP contribution < -0.4 is 4.74 Å². The molecule has 2 aromatic heterocycles. The van der Waals surface area contributed by atoms with Gasteiger partial charge in [-0.1, -0.05) is 42.5 Å². The maximum Gasteiger partial charge on any atom is 0.359 e. The fourth-order valence-electron chi connectivity index (χ4n) is 3.62. The van der Waals surface area contributed by atoms with E-state index in [-0.39, 0.29) is 5.69 Å². The van der Waals surface area contributed by atoms with E-state index in [1.807, 2.05) is 67.2 Å². The molecule has 0 bridgehead atoms. The maximum absolute atomic E-state index is 13.1. The van der Waals surface area contributed by atoms with E-state index in [9.17, 15) is 4.79 Å². The fraction of sp³-hybridized carbons (Fsp3) is 0.240. The molecule has 0 saturated carbocycles. The summed E-state index contributed by atoms with van der Waals surface area (Å²) in [7, 11) is 3.51. The number of nitrogens with zero attached hydrogens (tertiary/aromatic N) is 3. The van der Waals surface area contributed by atoms with Crippen molar-refractivity contribution in [2.45, 2.75) is 25.9 Å². The van der Waals surface area contributed by atoms with Gasteiger partial charge in [0.1, 0.15) is 17.4 Å². The average Bonchev–Trinajstić information content (AvgIpc) is 3.42. The summed E-state index contributed by atoms with van der Waals surface area (Å²) < 4.78 is 13.1. The van der Waals surface area contributed by atoms with Crippen LogP contribution in [0.5, 0.6) is 5.75 Å². The third kappa shape index (κ3) is 4.72. The van der Waals surface area contributed by atoms with Crippen molar-refractivity contribution in [3.8, 4) is 17.1 Å². The molecule has 0 unspecified atom stereocenters. The van der Waals surface area contributed by atoms with E-state index in [4.69, 9.17) is 9.47 Å². The van der Waals surface area contributed by atoms with E-state index in [1.54, 1.807) is 13.3 Å². The molecule has 0 saturated heterocycles. The van der Waals surface area contributed by atoms with Crippen LogP contribution in [0.4, 0.5) is 0 Å². The van der Waals surface area contributed by atoms with Crippen molar-refractivity contribution in [2.24, 2.45) is 7.05 Å². The van der Waals surface area contributed by atoms with Gasteiger partial charge in [-0.05, 0) is 37.5 Å². The predicted molar refractivity (Wildman–Crippen MR) is 121 cm³/mol. The van der Waals surface area contributed by atoms with Crippen LogP contribution in [0, 0.1) is 6.92 Å². The van der Waals surface area contributed by atoms with Crippen molar-refractivity contribution in [1.82, 2.24) is 19.5 Å². The zero-order chi connectivity index (χ0) is 22.5. The Morgan fingerprint density at radius 2 is 1.97 bits per heavy atom. The number of esters is 1. The molecular weight excluding hydrogens is 404 g/mol. The van der Waals surface area contributed by atoms with Gasteiger partial charge >= 0.3 is 5.97 Å². The summed E-state index contributed by atoms with van der Waals surface area (Å²) in [6.07, 6.45) is 4.45. The number of imidazole rings is 2. The van der Waals surface area contributed by atoms with Gasteiger partial charge in [0.05, 0.1) is 7.11 Å². The van der Waals surface area contributed by atoms with Crippen LogP contribution in [-0.2, 0) is 18.2 Å². The van der Waals surface area contributed by atoms with Crippen LogP contribution in [0.15, 0.2) is 67.0 Å². The molecule has 7 nitrogen and oxygen atoms in total. The lowest BCUT2D eigenvalue weighted by atomic mass is 10.1. The number of rotatable bonds is 8. The highest BCUT2D eigenvalue weighted by Gasteiger charge is 2.25. The third-order valence-corrected chi connectivity index (χ3v) is 5.35. The molecule has 7 heteroatoms. The SMILES string of the molecule is COc1cccc(-c2nc(C(=O)O[C@H](CCc3ccccc3)c3nccn3C)c(C)[nH]2)c1. The van der Waals surface area contributed by atoms with Crippen molar-refractivity contribution in [3.63, 3.8) is 0 Å². The molecule has 2 heterocycles. The van der Waals surface area contributed by atoms with E-state index in [2.05, 4.69) is 27.1 Å². The van der Waals surface area contributed by atoms with Crippen LogP contribution in [0.25, 0.3) is 11.4 Å². The van der Waals surface area contributed by atoms with Gasteiger partial charge in [-0.15, -0.1) is 0 Å². The van der Waals surface area contributed by atoms with Crippen molar-refractivity contribution in [1.29, 1.82) is 0 Å². The summed E-state index contributed by atoms with van der Waals surface area (Å²) in [6, 6.07) is 17.6. The second-order valence-electron chi connectivity index (χ2n) is 7.61. The Kier molecular flexibility index (Phi) is 6.35. The summed E-state index contributed by atoms with van der Waals surface area (Å²) >= 11 is 0. The van der Waals surface area contributed by atoms with Gasteiger partial charge in [0, 0.05) is 30.7 Å². The van der Waals surface area contributed by atoms with Gasteiger partial charge in [0.15, 0.2) is 11.8 Å². The smallest absolute Gasteiger partial charge is 0.359 e. The van der Waals surface area contributed by atoms with Crippen molar-refractivity contribution in [2.75, 3.05) is 7.11 Å². The molecule has 32 heavy (non-hydrogen) atoms. The Balaban J connectivity index is 1.55. The van der Waals surface area contributed by atoms with Gasteiger partial charge < -0.3 is 19.0 Å². The minimum atomic E-state index is -0.487. The van der Waals surface area contributed by atoms with E-state index in [1.165, 1.54) is 5.56 Å². The molecule has 2 aromatic carbocycles. The van der Waals surface area contributed by atoms with Crippen molar-refractivity contribution in [3.05, 3.63) is 89.8 Å². The number of hydrogen-bond donors (Lipinski definition) is 1. The Morgan fingerprint density at radius 3 is 2.69 bits per heavy atom. The predicted octanol–water partition coefficient (Wildman–Crippen LogP) is 4.66. The van der Waals surface area contributed by atoms with Crippen LogP contribution in [0.1, 0.15) is 40.1 Å². The second-order valence-corrected chi connectivity index (χ2v) is 7.61. The number of nitrogens with one attached hydrogen (secondary N) is 1. The van der Waals surface area contributed by atoms with Crippen LogP contribution in [0.2, 0.25) is 0 Å². The number of methoxy groups -OCH3 is 1. The topological polar surface area (TPSA) is 82.0 Å². The highest BCUT2D eigenvalue weighted by Crippen LogP contribution is 2.26. The number of benzene rings is 2. The highest BCUT2D eigenvalue weighted by molar-refractivity contribution is 5.89. The van der Waals surface area contributed by atoms with E-state index >= 15 is 0 Å². The lowest BCUT2D eigenvalue weighted by Gasteiger charge is -2.17. The highest BCUT2D eigenvalue weighted by atomic mass is 16.5. The number of carbonyl (C=O) groups is 1. The number of aromatic nitrogens is 4. The van der Waals surface area contributed by atoms with E-state index in [0.29, 0.717) is 23.8 Å². The van der Waals surface area contributed by atoms with E-state index < -0.39 is 12.1 Å². The molecule has 1 atom stereocenters. The lowest BCUT2D eigenvalue weighted by molar-refractivity contribution is 0.0242. The molecule has 0 fully saturated rings. The summed E-state index contributed by atoms with van der Waals surface area (Å²) in [6.45, 7) is 1.81. The zero-order valence-corrected chi connectivity index (χ0v) is 18.4. The summed E-state index contributed by atoms with van der Waals surface area (Å²) in [5.74, 6) is 1.53. The van der Waals surface area contributed by atoms with Gasteiger partial charge in [0.25, 0.3) is 0 Å². The first-order valence-electron chi connectivity index (χ1n) is 10.5. The molecule has 0 spiro atoms. The van der Waals surface area contributed by atoms with Crippen molar-refractivity contribution >= 4 is 5.97 Å². The molecule has 4 aromatic rings. The third-order valence-electron chi connectivity index (χ3n) is 5.35. The van der Waals surface area contributed by atoms with Gasteiger partial charge in [-0.2, -0.15) is 0 Å². The maximum atomic E-state index is 13.1. The number of H-pyrrole nitrogens is 1. The molecular formula is C25H26N4O3. The number of ether oxygens (including phenoxy) is 2. The second kappa shape index (κ2) is 9.51. The van der Waals surface area contributed by atoms with Gasteiger partial charge in [-0.3, -0.25) is 0 Å². The quantitative estimate of drug-likeness (QED) is 0.411. The van der Waals surface area contributed by atoms with Gasteiger partial charge in [-0.25, -0.2) is 14.8 Å². The zero-order valence-electron chi connectivity index (χ0n) is 18.4. The van der Waals surface area contributed by atoms with Gasteiger partial charge in [0.2, 0.25) is 0 Å². The summed E-state index contributed by atoms with van der Waals surface area (Å²) in [4.78, 5) is 25.2. The number of hydrogen-bond acceptors (Lipinski definition) is 5. The largest absolute Gasteiger partial charge is 0.497 e. The fourth-order valence-corrected chi connectivity index (χ4v) is 3.62. The Hall–Kier alpha value is -3.87. The first-order valence-corrected chi connectivity index (χ1v) is 10.5. The molecule has 0 aliphatic heterocycles.